The van der Waals surface area contributed by atoms with Crippen molar-refractivity contribution in [2.45, 2.75) is 32.4 Å². The lowest BCUT2D eigenvalue weighted by Crippen LogP contribution is -2.46. The van der Waals surface area contributed by atoms with E-state index in [-0.39, 0.29) is 12.0 Å². The molecule has 1 aromatic carbocycles. The first-order valence-corrected chi connectivity index (χ1v) is 11.2. The first kappa shape index (κ1) is 22.3. The van der Waals surface area contributed by atoms with E-state index >= 15 is 0 Å². The molecule has 9 nitrogen and oxygen atoms in total. The van der Waals surface area contributed by atoms with E-state index in [0.717, 1.165) is 5.69 Å². The van der Waals surface area contributed by atoms with Gasteiger partial charge in [0.1, 0.15) is 11.9 Å². The molecule has 1 aromatic heterocycles. The molecule has 1 amide bonds. The van der Waals surface area contributed by atoms with E-state index in [1.54, 1.807) is 42.3 Å². The number of rotatable bonds is 7. The van der Waals surface area contributed by atoms with Crippen LogP contribution in [0.3, 0.4) is 0 Å². The monoisotopic (exact) mass is 436 g/mol. The molecule has 0 spiro atoms. The van der Waals surface area contributed by atoms with Gasteiger partial charge in [0.25, 0.3) is 16.1 Å². The lowest BCUT2D eigenvalue weighted by molar-refractivity contribution is 0.0772. The van der Waals surface area contributed by atoms with Crippen molar-refractivity contribution in [1.82, 2.24) is 18.7 Å². The Morgan fingerprint density at radius 2 is 1.83 bits per heavy atom. The zero-order valence-corrected chi connectivity index (χ0v) is 18.6. The summed E-state index contributed by atoms with van der Waals surface area (Å²) in [4.78, 5) is 14.2. The van der Waals surface area contributed by atoms with Gasteiger partial charge in [-0.3, -0.25) is 4.79 Å². The van der Waals surface area contributed by atoms with Crippen LogP contribution in [0, 0.1) is 6.92 Å². The Morgan fingerprint density at radius 1 is 1.20 bits per heavy atom. The number of ether oxygens (including phenoxy) is 1. The molecule has 1 fully saturated rings. The topological polar surface area (TPSA) is 96.2 Å². The molecule has 0 aliphatic carbocycles. The third kappa shape index (κ3) is 5.18. The molecule has 2 aromatic rings. The Labute approximate surface area is 177 Å². The average Bonchev–Trinajstić information content (AvgIpc) is 3.13. The Kier molecular flexibility index (Phi) is 6.79. The van der Waals surface area contributed by atoms with Crippen molar-refractivity contribution in [3.8, 4) is 5.75 Å². The fraction of sp³-hybridized carbons (Fsp3) is 0.500. The molecule has 1 aliphatic rings. The predicted octanol–water partition coefficient (Wildman–Crippen LogP) is 1.90. The molecule has 0 saturated carbocycles. The molecule has 0 bridgehead atoms. The number of carbonyl (C=O) groups is 1. The lowest BCUT2D eigenvalue weighted by Gasteiger charge is -2.32. The zero-order valence-electron chi connectivity index (χ0n) is 17.7. The summed E-state index contributed by atoms with van der Waals surface area (Å²) in [6.45, 7) is 3.02. The fourth-order valence-electron chi connectivity index (χ4n) is 3.30. The molecule has 30 heavy (non-hydrogen) atoms. The maximum atomic E-state index is 12.6. The number of aryl methyl sites for hydroxylation is 1. The minimum absolute atomic E-state index is 0.0578. The standard InChI is InChI=1S/C20H28N4O5S/c1-15-13-19(29-21-15)14-23(4)20(25)16-5-7-17(8-6-16)28-18-9-11-24(12-10-18)30(26,27)22(2)3/h5-8,13,18H,9-12,14H2,1-4H3. The molecule has 2 heterocycles. The molecule has 3 rings (SSSR count). The number of aromatic nitrogens is 1. The summed E-state index contributed by atoms with van der Waals surface area (Å²) >= 11 is 0. The summed E-state index contributed by atoms with van der Waals surface area (Å²) in [5.74, 6) is 1.16. The maximum Gasteiger partial charge on any atom is 0.281 e. The van der Waals surface area contributed by atoms with Crippen LogP contribution >= 0.6 is 0 Å². The van der Waals surface area contributed by atoms with E-state index in [4.69, 9.17) is 9.26 Å². The van der Waals surface area contributed by atoms with Gasteiger partial charge in [-0.05, 0) is 44.0 Å². The van der Waals surface area contributed by atoms with E-state index in [2.05, 4.69) is 5.16 Å². The second kappa shape index (κ2) is 9.15. The lowest BCUT2D eigenvalue weighted by atomic mass is 10.1. The van der Waals surface area contributed by atoms with Crippen molar-refractivity contribution < 1.29 is 22.5 Å². The van der Waals surface area contributed by atoms with Crippen molar-refractivity contribution in [3.05, 3.63) is 47.3 Å². The van der Waals surface area contributed by atoms with Crippen LogP contribution < -0.4 is 4.74 Å². The highest BCUT2D eigenvalue weighted by atomic mass is 32.2. The summed E-state index contributed by atoms with van der Waals surface area (Å²) in [6.07, 6.45) is 1.18. The third-order valence-corrected chi connectivity index (χ3v) is 6.95. The quantitative estimate of drug-likeness (QED) is 0.658. The van der Waals surface area contributed by atoms with Gasteiger partial charge in [0.15, 0.2) is 5.76 Å². The van der Waals surface area contributed by atoms with Crippen molar-refractivity contribution >= 4 is 16.1 Å². The van der Waals surface area contributed by atoms with Gasteiger partial charge in [-0.2, -0.15) is 17.0 Å². The summed E-state index contributed by atoms with van der Waals surface area (Å²) < 4.78 is 38.2. The average molecular weight is 437 g/mol. The summed E-state index contributed by atoms with van der Waals surface area (Å²) in [7, 11) is 1.39. The van der Waals surface area contributed by atoms with Crippen molar-refractivity contribution in [2.75, 3.05) is 34.2 Å². The second-order valence-corrected chi connectivity index (χ2v) is 9.77. The highest BCUT2D eigenvalue weighted by molar-refractivity contribution is 7.86. The van der Waals surface area contributed by atoms with Gasteiger partial charge in [0, 0.05) is 45.9 Å². The fourth-order valence-corrected chi connectivity index (χ4v) is 4.43. The van der Waals surface area contributed by atoms with Crippen LogP contribution in [-0.4, -0.2) is 73.3 Å². The number of benzene rings is 1. The largest absolute Gasteiger partial charge is 0.490 e. The molecular formula is C20H28N4O5S. The second-order valence-electron chi connectivity index (χ2n) is 7.63. The van der Waals surface area contributed by atoms with Crippen LogP contribution in [0.25, 0.3) is 0 Å². The van der Waals surface area contributed by atoms with E-state index in [0.29, 0.717) is 49.5 Å². The molecule has 164 valence electrons. The van der Waals surface area contributed by atoms with Gasteiger partial charge in [-0.15, -0.1) is 0 Å². The molecule has 1 aliphatic heterocycles. The zero-order chi connectivity index (χ0) is 21.9. The van der Waals surface area contributed by atoms with Crippen molar-refractivity contribution in [2.24, 2.45) is 0 Å². The normalized spacial score (nSPS) is 16.0. The van der Waals surface area contributed by atoms with Gasteiger partial charge >= 0.3 is 0 Å². The molecular weight excluding hydrogens is 408 g/mol. The van der Waals surface area contributed by atoms with Gasteiger partial charge in [0.05, 0.1) is 12.2 Å². The van der Waals surface area contributed by atoms with Gasteiger partial charge in [0.2, 0.25) is 0 Å². The predicted molar refractivity (Wildman–Crippen MR) is 111 cm³/mol. The van der Waals surface area contributed by atoms with E-state index in [1.165, 1.54) is 22.7 Å². The number of amides is 1. The number of carbonyl (C=O) groups excluding carboxylic acids is 1. The first-order valence-electron chi connectivity index (χ1n) is 9.79. The van der Waals surface area contributed by atoms with Crippen molar-refractivity contribution in [3.63, 3.8) is 0 Å². The van der Waals surface area contributed by atoms with E-state index in [9.17, 15) is 13.2 Å². The number of hydrogen-bond donors (Lipinski definition) is 0. The Morgan fingerprint density at radius 3 is 2.37 bits per heavy atom. The minimum Gasteiger partial charge on any atom is -0.490 e. The molecule has 0 unspecified atom stereocenters. The maximum absolute atomic E-state index is 12.6. The van der Waals surface area contributed by atoms with E-state index in [1.807, 2.05) is 6.92 Å². The van der Waals surface area contributed by atoms with Crippen LogP contribution in [0.15, 0.2) is 34.9 Å². The smallest absolute Gasteiger partial charge is 0.281 e. The third-order valence-electron chi connectivity index (χ3n) is 5.01. The van der Waals surface area contributed by atoms with Crippen LogP contribution in [0.4, 0.5) is 0 Å². The van der Waals surface area contributed by atoms with Crippen LogP contribution in [0.5, 0.6) is 5.75 Å². The SMILES string of the molecule is Cc1cc(CN(C)C(=O)c2ccc(OC3CCN(S(=O)(=O)N(C)C)CC3)cc2)on1. The first-order chi connectivity index (χ1) is 14.2. The molecule has 1 saturated heterocycles. The number of nitrogens with zero attached hydrogens (tertiary/aromatic N) is 4. The summed E-state index contributed by atoms with van der Waals surface area (Å²) in [5.41, 5.74) is 1.32. The van der Waals surface area contributed by atoms with Gasteiger partial charge in [-0.25, -0.2) is 0 Å². The summed E-state index contributed by atoms with van der Waals surface area (Å²) in [5, 5.41) is 3.83. The minimum atomic E-state index is -3.38. The van der Waals surface area contributed by atoms with Gasteiger partial charge in [-0.1, -0.05) is 5.16 Å². The summed E-state index contributed by atoms with van der Waals surface area (Å²) in [6, 6.07) is 8.79. The highest BCUT2D eigenvalue weighted by Crippen LogP contribution is 2.22. The number of piperidine rings is 1. The van der Waals surface area contributed by atoms with Crippen LogP contribution in [0.1, 0.15) is 34.7 Å². The Bertz CT molecular complexity index is 963. The van der Waals surface area contributed by atoms with Crippen molar-refractivity contribution in [1.29, 1.82) is 0 Å². The molecule has 10 heteroatoms. The molecule has 0 N–H and O–H groups in total. The Balaban J connectivity index is 1.53. The molecule has 0 atom stereocenters. The van der Waals surface area contributed by atoms with Crippen LogP contribution in [0.2, 0.25) is 0 Å². The highest BCUT2D eigenvalue weighted by Gasteiger charge is 2.30. The van der Waals surface area contributed by atoms with Gasteiger partial charge < -0.3 is 14.2 Å². The van der Waals surface area contributed by atoms with Crippen LogP contribution in [-0.2, 0) is 16.8 Å². The number of hydrogen-bond acceptors (Lipinski definition) is 6. The Hall–Kier alpha value is -2.43. The molecule has 0 radical (unpaired) electrons. The van der Waals surface area contributed by atoms with E-state index < -0.39 is 10.2 Å².